The zero-order chi connectivity index (χ0) is 15.9. The maximum Gasteiger partial charge on any atom is 0.274 e. The molecule has 22 heavy (non-hydrogen) atoms. The molecular weight excluding hydrogens is 278 g/mol. The van der Waals surface area contributed by atoms with Gasteiger partial charge in [0.25, 0.3) is 11.5 Å². The monoisotopic (exact) mass is 295 g/mol. The highest BCUT2D eigenvalue weighted by atomic mass is 16.2. The molecule has 1 N–H and O–H groups in total. The van der Waals surface area contributed by atoms with Crippen molar-refractivity contribution in [2.45, 2.75) is 0 Å². The number of amides is 1. The summed E-state index contributed by atoms with van der Waals surface area (Å²) in [6.07, 6.45) is 3.56. The molecule has 1 aromatic carbocycles. The third-order valence-corrected chi connectivity index (χ3v) is 3.72. The molecule has 5 heteroatoms. The molecule has 0 fully saturated rings. The molecule has 3 aromatic rings. The fourth-order valence-corrected chi connectivity index (χ4v) is 2.58. The van der Waals surface area contributed by atoms with Gasteiger partial charge in [0.1, 0.15) is 5.52 Å². The summed E-state index contributed by atoms with van der Waals surface area (Å²) in [5.74, 6) is -0.0445. The molecular formula is C17H17N3O2. The molecule has 0 aliphatic rings. The van der Waals surface area contributed by atoms with E-state index in [1.807, 2.05) is 24.3 Å². The van der Waals surface area contributed by atoms with Crippen LogP contribution in [0.5, 0.6) is 0 Å². The van der Waals surface area contributed by atoms with Crippen molar-refractivity contribution in [1.29, 1.82) is 0 Å². The van der Waals surface area contributed by atoms with Crippen LogP contribution in [0.2, 0.25) is 0 Å². The highest BCUT2D eigenvalue weighted by molar-refractivity contribution is 5.98. The van der Waals surface area contributed by atoms with Crippen LogP contribution >= 0.6 is 0 Å². The van der Waals surface area contributed by atoms with Crippen LogP contribution in [-0.4, -0.2) is 34.5 Å². The van der Waals surface area contributed by atoms with Gasteiger partial charge < -0.3 is 14.5 Å². The lowest BCUT2D eigenvalue weighted by Gasteiger charge is -2.12. The first-order valence-electron chi connectivity index (χ1n) is 6.98. The van der Waals surface area contributed by atoms with E-state index < -0.39 is 0 Å². The van der Waals surface area contributed by atoms with Crippen LogP contribution < -0.4 is 5.56 Å². The van der Waals surface area contributed by atoms with Gasteiger partial charge in [-0.05, 0) is 23.8 Å². The fourth-order valence-electron chi connectivity index (χ4n) is 2.58. The number of carbonyl (C=O) groups is 1. The van der Waals surface area contributed by atoms with Gasteiger partial charge in [0.15, 0.2) is 0 Å². The Hall–Kier alpha value is -2.82. The Morgan fingerprint density at radius 2 is 2.00 bits per heavy atom. The Morgan fingerprint density at radius 1 is 1.23 bits per heavy atom. The second-order valence-electron chi connectivity index (χ2n) is 5.51. The SMILES string of the molecule is CN(C)C(=O)c1cccc(-c2cn(C)c(=O)c3[nH]ccc23)c1. The molecule has 0 radical (unpaired) electrons. The number of nitrogens with one attached hydrogen (secondary N) is 1. The van der Waals surface area contributed by atoms with E-state index in [0.717, 1.165) is 16.5 Å². The summed E-state index contributed by atoms with van der Waals surface area (Å²) in [7, 11) is 5.18. The zero-order valence-electron chi connectivity index (χ0n) is 12.8. The molecule has 2 aromatic heterocycles. The first-order chi connectivity index (χ1) is 10.5. The average molecular weight is 295 g/mol. The number of hydrogen-bond acceptors (Lipinski definition) is 2. The second kappa shape index (κ2) is 5.18. The van der Waals surface area contributed by atoms with E-state index in [-0.39, 0.29) is 11.5 Å². The number of fused-ring (bicyclic) bond motifs is 1. The minimum atomic E-state index is -0.0655. The van der Waals surface area contributed by atoms with Crippen molar-refractivity contribution in [2.75, 3.05) is 14.1 Å². The van der Waals surface area contributed by atoms with Crippen LogP contribution in [0.4, 0.5) is 0 Å². The lowest BCUT2D eigenvalue weighted by atomic mass is 10.0. The van der Waals surface area contributed by atoms with Crippen molar-refractivity contribution in [2.24, 2.45) is 7.05 Å². The predicted octanol–water partition coefficient (Wildman–Crippen LogP) is 2.24. The van der Waals surface area contributed by atoms with E-state index in [4.69, 9.17) is 0 Å². The zero-order valence-corrected chi connectivity index (χ0v) is 12.8. The molecule has 0 aliphatic heterocycles. The van der Waals surface area contributed by atoms with E-state index in [2.05, 4.69) is 4.98 Å². The normalized spacial score (nSPS) is 10.9. The Morgan fingerprint density at radius 3 is 2.73 bits per heavy atom. The summed E-state index contributed by atoms with van der Waals surface area (Å²) in [6, 6.07) is 9.33. The van der Waals surface area contributed by atoms with Crippen LogP contribution in [0.15, 0.2) is 47.5 Å². The van der Waals surface area contributed by atoms with E-state index in [1.165, 1.54) is 0 Å². The first-order valence-corrected chi connectivity index (χ1v) is 6.98. The van der Waals surface area contributed by atoms with E-state index in [9.17, 15) is 9.59 Å². The van der Waals surface area contributed by atoms with Crippen molar-refractivity contribution in [1.82, 2.24) is 14.5 Å². The van der Waals surface area contributed by atoms with Crippen LogP contribution in [0.3, 0.4) is 0 Å². The third-order valence-electron chi connectivity index (χ3n) is 3.72. The number of carbonyl (C=O) groups excluding carboxylic acids is 1. The summed E-state index contributed by atoms with van der Waals surface area (Å²) in [5.41, 5.74) is 2.97. The van der Waals surface area contributed by atoms with Crippen molar-refractivity contribution in [3.8, 4) is 11.1 Å². The van der Waals surface area contributed by atoms with E-state index >= 15 is 0 Å². The summed E-state index contributed by atoms with van der Waals surface area (Å²) >= 11 is 0. The standard InChI is InChI=1S/C17H17N3O2/c1-19(2)16(21)12-6-4-5-11(9-12)14-10-20(3)17(22)15-13(14)7-8-18-15/h4-10,18H,1-3H3. The van der Waals surface area contributed by atoms with Gasteiger partial charge in [-0.25, -0.2) is 0 Å². The molecule has 0 unspecified atom stereocenters. The molecule has 112 valence electrons. The van der Waals surface area contributed by atoms with Crippen molar-refractivity contribution in [3.05, 3.63) is 58.6 Å². The van der Waals surface area contributed by atoms with Gasteiger partial charge in [0, 0.05) is 50.0 Å². The maximum atomic E-state index is 12.1. The molecule has 0 atom stereocenters. The lowest BCUT2D eigenvalue weighted by Crippen LogP contribution is -2.21. The second-order valence-corrected chi connectivity index (χ2v) is 5.51. The molecule has 0 bridgehead atoms. The number of hydrogen-bond donors (Lipinski definition) is 1. The maximum absolute atomic E-state index is 12.1. The van der Waals surface area contributed by atoms with Crippen LogP contribution in [0, 0.1) is 0 Å². The van der Waals surface area contributed by atoms with Gasteiger partial charge >= 0.3 is 0 Å². The summed E-state index contributed by atoms with van der Waals surface area (Å²) in [5, 5.41) is 0.859. The molecule has 0 saturated heterocycles. The van der Waals surface area contributed by atoms with Crippen LogP contribution in [0.1, 0.15) is 10.4 Å². The van der Waals surface area contributed by atoms with Gasteiger partial charge in [0.2, 0.25) is 0 Å². The molecule has 2 heterocycles. The molecule has 0 spiro atoms. The molecule has 5 nitrogen and oxygen atoms in total. The minimum absolute atomic E-state index is 0.0445. The highest BCUT2D eigenvalue weighted by Gasteiger charge is 2.13. The summed E-state index contributed by atoms with van der Waals surface area (Å²) in [6.45, 7) is 0. The Kier molecular flexibility index (Phi) is 3.33. The minimum Gasteiger partial charge on any atom is -0.357 e. The molecule has 3 rings (SSSR count). The first kappa shape index (κ1) is 14.1. The van der Waals surface area contributed by atoms with E-state index in [0.29, 0.717) is 11.1 Å². The van der Waals surface area contributed by atoms with Gasteiger partial charge in [-0.15, -0.1) is 0 Å². The van der Waals surface area contributed by atoms with E-state index in [1.54, 1.807) is 49.1 Å². The summed E-state index contributed by atoms with van der Waals surface area (Å²) in [4.78, 5) is 28.8. The third kappa shape index (κ3) is 2.20. The number of H-pyrrole nitrogens is 1. The van der Waals surface area contributed by atoms with Crippen LogP contribution in [0.25, 0.3) is 22.0 Å². The van der Waals surface area contributed by atoms with Gasteiger partial charge in [-0.2, -0.15) is 0 Å². The Bertz CT molecular complexity index is 919. The average Bonchev–Trinajstić information content (AvgIpc) is 3.00. The predicted molar refractivity (Wildman–Crippen MR) is 87.0 cm³/mol. The number of aromatic nitrogens is 2. The highest BCUT2D eigenvalue weighted by Crippen LogP contribution is 2.27. The number of benzene rings is 1. The number of rotatable bonds is 2. The van der Waals surface area contributed by atoms with Gasteiger partial charge in [0.05, 0.1) is 0 Å². The molecule has 0 saturated carbocycles. The lowest BCUT2D eigenvalue weighted by molar-refractivity contribution is 0.0827. The Labute approximate surface area is 127 Å². The molecule has 0 aliphatic carbocycles. The topological polar surface area (TPSA) is 58.1 Å². The fraction of sp³-hybridized carbons (Fsp3) is 0.176. The van der Waals surface area contributed by atoms with Gasteiger partial charge in [-0.3, -0.25) is 9.59 Å². The van der Waals surface area contributed by atoms with Crippen molar-refractivity contribution < 1.29 is 4.79 Å². The van der Waals surface area contributed by atoms with Gasteiger partial charge in [-0.1, -0.05) is 12.1 Å². The van der Waals surface area contributed by atoms with Crippen molar-refractivity contribution >= 4 is 16.8 Å². The smallest absolute Gasteiger partial charge is 0.274 e. The van der Waals surface area contributed by atoms with Crippen LogP contribution in [-0.2, 0) is 7.05 Å². The van der Waals surface area contributed by atoms with Crippen molar-refractivity contribution in [3.63, 3.8) is 0 Å². The number of aryl methyl sites for hydroxylation is 1. The number of nitrogens with zero attached hydrogens (tertiary/aromatic N) is 2. The Balaban J connectivity index is 2.22. The summed E-state index contributed by atoms with van der Waals surface area (Å²) < 4.78 is 1.55. The number of aromatic amines is 1. The number of pyridine rings is 1. The molecule has 1 amide bonds. The quantitative estimate of drug-likeness (QED) is 0.788. The largest absolute Gasteiger partial charge is 0.357 e.